The number of carbonyl (C=O) groups is 2. The van der Waals surface area contributed by atoms with Gasteiger partial charge in [0.15, 0.2) is 0 Å². The lowest BCUT2D eigenvalue weighted by Crippen LogP contribution is -2.74. The smallest absolute Gasteiger partial charge is 0.338 e. The quantitative estimate of drug-likeness (QED) is 0.580. The molecule has 3 aliphatic carbocycles. The standard InChI is InChI=1S/C30H37NO7/c1-15-9-10-18-20-13-17-14-29(18,35)26-23(28(34)37-3)25(38-27(33)16-7-5-4-6-8-16)22-19(30(17,26)31(15)20)11-12-21(32)24(22)36-2/h4-8,15,17-22,24-25,32,35H,9-14H2,1-3H3/t15-,17-,18-,19+,20+,21-,22+,24-,25-,29-,30-/m0/s1. The molecule has 2 saturated carbocycles. The Hall–Kier alpha value is -2.26. The molecule has 5 bridgehead atoms. The Morgan fingerprint density at radius 1 is 1.03 bits per heavy atom. The number of aliphatic hydroxyl groups excluding tert-OH is 1. The van der Waals surface area contributed by atoms with Crippen molar-refractivity contribution in [2.24, 2.45) is 23.7 Å². The monoisotopic (exact) mass is 523 g/mol. The van der Waals surface area contributed by atoms with E-state index in [1.807, 2.05) is 6.07 Å². The Balaban J connectivity index is 1.49. The molecule has 0 amide bonds. The van der Waals surface area contributed by atoms with Crippen LogP contribution in [0, 0.1) is 23.7 Å². The number of fused-ring (bicyclic) bond motifs is 2. The molecule has 204 valence electrons. The van der Waals surface area contributed by atoms with Gasteiger partial charge in [-0.25, -0.2) is 9.59 Å². The van der Waals surface area contributed by atoms with E-state index in [0.29, 0.717) is 30.9 Å². The van der Waals surface area contributed by atoms with Gasteiger partial charge in [0.2, 0.25) is 0 Å². The van der Waals surface area contributed by atoms with Gasteiger partial charge in [0.25, 0.3) is 0 Å². The van der Waals surface area contributed by atoms with E-state index in [-0.39, 0.29) is 29.4 Å². The highest BCUT2D eigenvalue weighted by Crippen LogP contribution is 2.75. The van der Waals surface area contributed by atoms with Gasteiger partial charge in [-0.1, -0.05) is 18.2 Å². The minimum atomic E-state index is -1.13. The van der Waals surface area contributed by atoms with Crippen molar-refractivity contribution in [3.63, 3.8) is 0 Å². The van der Waals surface area contributed by atoms with Crippen molar-refractivity contribution in [2.75, 3.05) is 14.2 Å². The van der Waals surface area contributed by atoms with Crippen LogP contribution in [0.3, 0.4) is 0 Å². The molecular formula is C30H37NO7. The Kier molecular flexibility index (Phi) is 5.45. The maximum absolute atomic E-state index is 13.8. The van der Waals surface area contributed by atoms with Crippen LogP contribution in [0.5, 0.6) is 0 Å². The first-order valence-electron chi connectivity index (χ1n) is 14.1. The van der Waals surface area contributed by atoms with Gasteiger partial charge in [0.1, 0.15) is 6.10 Å². The van der Waals surface area contributed by atoms with Crippen LogP contribution in [0.1, 0.15) is 55.8 Å². The van der Waals surface area contributed by atoms with E-state index in [9.17, 15) is 19.8 Å². The van der Waals surface area contributed by atoms with Crippen LogP contribution in [0.25, 0.3) is 0 Å². The summed E-state index contributed by atoms with van der Waals surface area (Å²) in [4.78, 5) is 29.9. The molecular weight excluding hydrogens is 486 g/mol. The minimum Gasteiger partial charge on any atom is -0.466 e. The summed E-state index contributed by atoms with van der Waals surface area (Å²) >= 11 is 0. The van der Waals surface area contributed by atoms with E-state index in [4.69, 9.17) is 14.2 Å². The van der Waals surface area contributed by atoms with Gasteiger partial charge < -0.3 is 24.4 Å². The molecule has 12 atom stereocenters. The summed E-state index contributed by atoms with van der Waals surface area (Å²) in [6.07, 6.45) is 2.39. The van der Waals surface area contributed by atoms with Gasteiger partial charge >= 0.3 is 11.9 Å². The highest BCUT2D eigenvalue weighted by atomic mass is 16.6. The second-order valence-corrected chi connectivity index (χ2v) is 12.4. The highest BCUT2D eigenvalue weighted by molar-refractivity contribution is 5.95. The maximum Gasteiger partial charge on any atom is 0.338 e. The number of hydrogen-bond acceptors (Lipinski definition) is 8. The zero-order chi connectivity index (χ0) is 26.6. The largest absolute Gasteiger partial charge is 0.466 e. The summed E-state index contributed by atoms with van der Waals surface area (Å²) in [5.41, 5.74) is -0.273. The summed E-state index contributed by atoms with van der Waals surface area (Å²) in [6.45, 7) is 2.26. The molecule has 3 saturated heterocycles. The van der Waals surface area contributed by atoms with Crippen LogP contribution in [0.4, 0.5) is 0 Å². The van der Waals surface area contributed by atoms with Crippen LogP contribution < -0.4 is 0 Å². The third-order valence-electron chi connectivity index (χ3n) is 11.2. The normalized spacial score (nSPS) is 47.9. The first-order chi connectivity index (χ1) is 18.3. The van der Waals surface area contributed by atoms with Crippen molar-refractivity contribution >= 4 is 11.9 Å². The molecule has 2 N–H and O–H groups in total. The van der Waals surface area contributed by atoms with Crippen molar-refractivity contribution < 1.29 is 34.0 Å². The second-order valence-electron chi connectivity index (χ2n) is 12.4. The molecule has 38 heavy (non-hydrogen) atoms. The van der Waals surface area contributed by atoms with Gasteiger partial charge in [0, 0.05) is 31.0 Å². The Bertz CT molecular complexity index is 1200. The molecule has 0 radical (unpaired) electrons. The van der Waals surface area contributed by atoms with Crippen LogP contribution >= 0.6 is 0 Å². The average molecular weight is 524 g/mol. The molecule has 8 heteroatoms. The third kappa shape index (κ3) is 2.85. The average Bonchev–Trinajstić information content (AvgIpc) is 3.32. The van der Waals surface area contributed by atoms with E-state index >= 15 is 0 Å². The Morgan fingerprint density at radius 3 is 2.47 bits per heavy atom. The number of hydrogen-bond donors (Lipinski definition) is 2. The van der Waals surface area contributed by atoms with Gasteiger partial charge in [-0.15, -0.1) is 0 Å². The molecule has 5 fully saturated rings. The summed E-state index contributed by atoms with van der Waals surface area (Å²) < 4.78 is 17.6. The van der Waals surface area contributed by atoms with Gasteiger partial charge in [-0.3, -0.25) is 4.90 Å². The molecule has 3 aliphatic heterocycles. The predicted molar refractivity (Wildman–Crippen MR) is 136 cm³/mol. The van der Waals surface area contributed by atoms with Crippen LogP contribution in [0.15, 0.2) is 41.5 Å². The maximum atomic E-state index is 13.8. The molecule has 1 aromatic carbocycles. The number of methoxy groups -OCH3 is 2. The number of aliphatic hydroxyl groups is 2. The first-order valence-corrected chi connectivity index (χ1v) is 14.1. The summed E-state index contributed by atoms with van der Waals surface area (Å²) in [7, 11) is 2.92. The van der Waals surface area contributed by atoms with Crippen LogP contribution in [-0.4, -0.2) is 82.8 Å². The Morgan fingerprint density at radius 2 is 1.76 bits per heavy atom. The summed E-state index contributed by atoms with van der Waals surface area (Å²) in [5.74, 6) is -1.39. The summed E-state index contributed by atoms with van der Waals surface area (Å²) in [6, 6.07) is 9.30. The molecule has 1 unspecified atom stereocenters. The van der Waals surface area contributed by atoms with Crippen molar-refractivity contribution in [1.82, 2.24) is 4.90 Å². The Labute approximate surface area is 222 Å². The molecule has 0 aromatic heterocycles. The van der Waals surface area contributed by atoms with E-state index in [0.717, 1.165) is 24.8 Å². The number of esters is 2. The lowest BCUT2D eigenvalue weighted by atomic mass is 9.52. The molecule has 7 rings (SSSR count). The van der Waals surface area contributed by atoms with Gasteiger partial charge in [-0.05, 0) is 75.0 Å². The fraction of sp³-hybridized carbons (Fsp3) is 0.667. The van der Waals surface area contributed by atoms with Crippen molar-refractivity contribution in [3.8, 4) is 0 Å². The van der Waals surface area contributed by atoms with E-state index < -0.39 is 47.3 Å². The van der Waals surface area contributed by atoms with Crippen molar-refractivity contribution in [1.29, 1.82) is 0 Å². The number of rotatable bonds is 4. The van der Waals surface area contributed by atoms with Crippen molar-refractivity contribution in [3.05, 3.63) is 47.0 Å². The number of ether oxygens (including phenoxy) is 3. The number of benzene rings is 1. The molecule has 1 aromatic rings. The first kappa shape index (κ1) is 24.8. The lowest BCUT2D eigenvalue weighted by molar-refractivity contribution is -0.181. The number of piperidine rings is 2. The van der Waals surface area contributed by atoms with Gasteiger partial charge in [-0.2, -0.15) is 0 Å². The SMILES string of the molecule is COC(=O)C1=C2[C@]3([C@H]4C[C@@H]5[C@H](CC[C@H](C)N53)[C@@]2(O)C4)[C@@H]2CC[C@H](O)[C@H](OC)[C@@H]2[C@@H]1OC(=O)c1ccccc1. The van der Waals surface area contributed by atoms with Crippen LogP contribution in [-0.2, 0) is 19.0 Å². The van der Waals surface area contributed by atoms with E-state index in [1.165, 1.54) is 7.11 Å². The fourth-order valence-electron chi connectivity index (χ4n) is 10.3. The molecule has 8 nitrogen and oxygen atoms in total. The van der Waals surface area contributed by atoms with E-state index in [1.54, 1.807) is 31.4 Å². The summed E-state index contributed by atoms with van der Waals surface area (Å²) in [5, 5.41) is 23.7. The zero-order valence-electron chi connectivity index (χ0n) is 22.2. The zero-order valence-corrected chi connectivity index (χ0v) is 22.2. The number of carbonyl (C=O) groups excluding carboxylic acids is 2. The van der Waals surface area contributed by atoms with Crippen LogP contribution in [0.2, 0.25) is 0 Å². The minimum absolute atomic E-state index is 0.0367. The molecule has 1 spiro atoms. The van der Waals surface area contributed by atoms with Crippen molar-refractivity contribution in [2.45, 2.75) is 87.0 Å². The van der Waals surface area contributed by atoms with Gasteiger partial charge in [0.05, 0.1) is 41.6 Å². The fourth-order valence-corrected chi connectivity index (χ4v) is 10.3. The second kappa shape index (κ2) is 8.37. The molecule has 3 heterocycles. The van der Waals surface area contributed by atoms with E-state index in [2.05, 4.69) is 11.8 Å². The predicted octanol–water partition coefficient (Wildman–Crippen LogP) is 2.47. The highest BCUT2D eigenvalue weighted by Gasteiger charge is 2.81. The topological polar surface area (TPSA) is 106 Å². The lowest BCUT2D eigenvalue weighted by Gasteiger charge is -2.65. The number of nitrogens with zero attached hydrogens (tertiary/aromatic N) is 1. The molecule has 6 aliphatic rings. The third-order valence-corrected chi connectivity index (χ3v) is 11.2.